The molecule has 0 atom stereocenters. The third-order valence-electron chi connectivity index (χ3n) is 7.63. The van der Waals surface area contributed by atoms with Crippen LogP contribution in [-0.2, 0) is 14.5 Å². The Bertz CT molecular complexity index is 430. The Morgan fingerprint density at radius 3 is 2.13 bits per heavy atom. The summed E-state index contributed by atoms with van der Waals surface area (Å²) in [4.78, 5) is 12.1. The molecular formula is C19H31NO3. The lowest BCUT2D eigenvalue weighted by molar-refractivity contribution is -0.390. The molecule has 0 aromatic rings. The highest BCUT2D eigenvalue weighted by atomic mass is 17.3. The lowest BCUT2D eigenvalue weighted by Crippen LogP contribution is -2.59. The van der Waals surface area contributed by atoms with Gasteiger partial charge in [0.2, 0.25) is 11.6 Å². The van der Waals surface area contributed by atoms with Crippen LogP contribution in [0.3, 0.4) is 0 Å². The Morgan fingerprint density at radius 1 is 0.870 bits per heavy atom. The van der Waals surface area contributed by atoms with Gasteiger partial charge in [-0.3, -0.25) is 0 Å². The number of hydrogen-bond acceptors (Lipinski definition) is 4. The second kappa shape index (κ2) is 5.42. The first-order valence-corrected chi connectivity index (χ1v) is 9.98. The molecule has 0 unspecified atom stereocenters. The zero-order valence-corrected chi connectivity index (χ0v) is 14.2. The largest absolute Gasteiger partial charge is 0.330 e. The summed E-state index contributed by atoms with van der Waals surface area (Å²) < 4.78 is 6.74. The van der Waals surface area contributed by atoms with Crippen LogP contribution in [0.4, 0.5) is 0 Å². The van der Waals surface area contributed by atoms with Gasteiger partial charge in [-0.1, -0.05) is 0 Å². The first-order valence-electron chi connectivity index (χ1n) is 9.98. The number of nitrogens with two attached hydrogens (primary N) is 1. The second-order valence-electron chi connectivity index (χ2n) is 9.08. The highest BCUT2D eigenvalue weighted by Gasteiger charge is 2.66. The predicted molar refractivity (Wildman–Crippen MR) is 86.0 cm³/mol. The van der Waals surface area contributed by atoms with Crippen molar-refractivity contribution in [2.24, 2.45) is 35.3 Å². The van der Waals surface area contributed by atoms with Gasteiger partial charge in [-0.15, -0.1) is 0 Å². The zero-order chi connectivity index (χ0) is 15.5. The van der Waals surface area contributed by atoms with E-state index in [4.69, 9.17) is 20.2 Å². The summed E-state index contributed by atoms with van der Waals surface area (Å²) in [6.45, 7) is 0.812. The maximum absolute atomic E-state index is 6.74. The molecule has 0 radical (unpaired) electrons. The molecule has 0 aromatic heterocycles. The van der Waals surface area contributed by atoms with Gasteiger partial charge >= 0.3 is 0 Å². The molecule has 4 bridgehead atoms. The lowest BCUT2D eigenvalue weighted by atomic mass is 9.53. The third-order valence-corrected chi connectivity index (χ3v) is 7.63. The number of hydrogen-bond donors (Lipinski definition) is 1. The van der Waals surface area contributed by atoms with Gasteiger partial charge in [0.1, 0.15) is 0 Å². The van der Waals surface area contributed by atoms with Crippen molar-refractivity contribution in [2.45, 2.75) is 82.2 Å². The molecule has 4 nitrogen and oxygen atoms in total. The normalized spacial score (nSPS) is 54.4. The van der Waals surface area contributed by atoms with Crippen LogP contribution >= 0.6 is 0 Å². The van der Waals surface area contributed by atoms with Crippen LogP contribution in [-0.4, -0.2) is 18.1 Å². The first-order chi connectivity index (χ1) is 11.2. The van der Waals surface area contributed by atoms with Crippen molar-refractivity contribution < 1.29 is 14.5 Å². The zero-order valence-electron chi connectivity index (χ0n) is 14.2. The van der Waals surface area contributed by atoms with Crippen molar-refractivity contribution in [1.29, 1.82) is 0 Å². The fraction of sp³-hybridized carbons (Fsp3) is 1.00. The van der Waals surface area contributed by atoms with Crippen LogP contribution in [0, 0.1) is 29.6 Å². The molecule has 130 valence electrons. The van der Waals surface area contributed by atoms with E-state index >= 15 is 0 Å². The minimum Gasteiger partial charge on any atom is -0.330 e. The van der Waals surface area contributed by atoms with Crippen LogP contribution in [0.1, 0.15) is 70.6 Å². The quantitative estimate of drug-likeness (QED) is 0.805. The minimum absolute atomic E-state index is 0.391. The maximum atomic E-state index is 6.74. The molecule has 2 spiro atoms. The first kappa shape index (κ1) is 15.1. The van der Waals surface area contributed by atoms with Crippen LogP contribution in [0.5, 0.6) is 0 Å². The number of ether oxygens (including phenoxy) is 1. The molecule has 5 aliphatic carbocycles. The van der Waals surface area contributed by atoms with E-state index in [1.54, 1.807) is 0 Å². The smallest absolute Gasteiger partial charge is 0.210 e. The lowest BCUT2D eigenvalue weighted by Gasteiger charge is -2.57. The second-order valence-corrected chi connectivity index (χ2v) is 9.08. The Morgan fingerprint density at radius 2 is 1.52 bits per heavy atom. The Kier molecular flexibility index (Phi) is 3.56. The van der Waals surface area contributed by atoms with Gasteiger partial charge in [-0.25, -0.2) is 0 Å². The highest BCUT2D eigenvalue weighted by Crippen LogP contribution is 2.63. The summed E-state index contributed by atoms with van der Waals surface area (Å²) in [6.07, 6.45) is 13.4. The average Bonchev–Trinajstić information content (AvgIpc) is 2.92. The molecule has 2 N–H and O–H groups in total. The monoisotopic (exact) mass is 321 g/mol. The topological polar surface area (TPSA) is 53.7 Å². The molecule has 6 aliphatic rings. The highest BCUT2D eigenvalue weighted by molar-refractivity contribution is 5.05. The van der Waals surface area contributed by atoms with Gasteiger partial charge in [0.15, 0.2) is 0 Å². The van der Waals surface area contributed by atoms with Gasteiger partial charge in [0.25, 0.3) is 0 Å². The summed E-state index contributed by atoms with van der Waals surface area (Å²) in [5, 5.41) is 0. The van der Waals surface area contributed by atoms with Crippen LogP contribution in [0.15, 0.2) is 0 Å². The summed E-state index contributed by atoms with van der Waals surface area (Å²) in [6, 6.07) is 0. The van der Waals surface area contributed by atoms with E-state index in [1.807, 2.05) is 0 Å². The molecule has 1 saturated heterocycles. The van der Waals surface area contributed by atoms with Crippen molar-refractivity contribution >= 4 is 0 Å². The van der Waals surface area contributed by atoms with E-state index in [9.17, 15) is 0 Å². The third kappa shape index (κ3) is 2.32. The van der Waals surface area contributed by atoms with Gasteiger partial charge in [-0.2, -0.15) is 9.78 Å². The molecule has 4 heteroatoms. The van der Waals surface area contributed by atoms with E-state index in [1.165, 1.54) is 51.4 Å². The molecule has 1 heterocycles. The molecule has 0 amide bonds. The Labute approximate surface area is 139 Å². The molecular weight excluding hydrogens is 290 g/mol. The standard InChI is InChI=1S/C19H31NO3/c20-7-1-2-13-3-5-18(6-4-13)21-19(23-22-18)16-9-14-8-15(11-16)12-17(19)10-14/h13-17H,1-12,20H2/t13-,14?,15?,16?,17?,18+,19-. The van der Waals surface area contributed by atoms with E-state index < -0.39 is 11.6 Å². The maximum Gasteiger partial charge on any atom is 0.210 e. The van der Waals surface area contributed by atoms with E-state index in [2.05, 4.69) is 0 Å². The summed E-state index contributed by atoms with van der Waals surface area (Å²) in [5.41, 5.74) is 5.65. The molecule has 6 fully saturated rings. The van der Waals surface area contributed by atoms with Crippen molar-refractivity contribution in [3.05, 3.63) is 0 Å². The fourth-order valence-corrected chi connectivity index (χ4v) is 6.61. The summed E-state index contributed by atoms with van der Waals surface area (Å²) >= 11 is 0. The molecule has 6 rings (SSSR count). The van der Waals surface area contributed by atoms with Gasteiger partial charge in [0, 0.05) is 24.7 Å². The van der Waals surface area contributed by atoms with E-state index in [0.29, 0.717) is 11.8 Å². The van der Waals surface area contributed by atoms with Crippen molar-refractivity contribution in [3.8, 4) is 0 Å². The fourth-order valence-electron chi connectivity index (χ4n) is 6.61. The summed E-state index contributed by atoms with van der Waals surface area (Å²) in [5.74, 6) is 2.98. The van der Waals surface area contributed by atoms with Crippen molar-refractivity contribution in [1.82, 2.24) is 0 Å². The van der Waals surface area contributed by atoms with Crippen molar-refractivity contribution in [2.75, 3.05) is 6.54 Å². The summed E-state index contributed by atoms with van der Waals surface area (Å²) in [7, 11) is 0. The molecule has 0 aromatic carbocycles. The number of rotatable bonds is 3. The van der Waals surface area contributed by atoms with E-state index in [-0.39, 0.29) is 0 Å². The van der Waals surface area contributed by atoms with Gasteiger partial charge < -0.3 is 10.5 Å². The van der Waals surface area contributed by atoms with Gasteiger partial charge in [-0.05, 0) is 82.1 Å². The molecule has 5 saturated carbocycles. The minimum atomic E-state index is -0.436. The van der Waals surface area contributed by atoms with Crippen LogP contribution < -0.4 is 5.73 Å². The van der Waals surface area contributed by atoms with Crippen molar-refractivity contribution in [3.63, 3.8) is 0 Å². The predicted octanol–water partition coefficient (Wildman–Crippen LogP) is 3.74. The Balaban J connectivity index is 1.28. The van der Waals surface area contributed by atoms with E-state index in [0.717, 1.165) is 43.6 Å². The molecule has 1 aliphatic heterocycles. The average molecular weight is 321 g/mol. The molecule has 23 heavy (non-hydrogen) atoms. The van der Waals surface area contributed by atoms with Crippen LogP contribution in [0.2, 0.25) is 0 Å². The van der Waals surface area contributed by atoms with Gasteiger partial charge in [0.05, 0.1) is 0 Å². The van der Waals surface area contributed by atoms with Crippen LogP contribution in [0.25, 0.3) is 0 Å². The SMILES string of the molecule is NCCC[C@H]1CC[C@]2(CC1)OO[C@]1(O2)C2CC3CC(C2)CC1C3. The Hall–Kier alpha value is -0.160.